The smallest absolute Gasteiger partial charge is 0.230 e. The van der Waals surface area contributed by atoms with Crippen LogP contribution in [0.5, 0.6) is 5.75 Å². The lowest BCUT2D eigenvalue weighted by molar-refractivity contribution is -0.118. The lowest BCUT2D eigenvalue weighted by atomic mass is 10.1. The lowest BCUT2D eigenvalue weighted by Gasteiger charge is -2.18. The minimum atomic E-state index is -0.0430. The monoisotopic (exact) mass is 297 g/mol. The second-order valence-electron chi connectivity index (χ2n) is 3.91. The Balaban J connectivity index is 2.60. The van der Waals surface area contributed by atoms with Crippen LogP contribution in [-0.4, -0.2) is 25.3 Å². The van der Waals surface area contributed by atoms with Crippen LogP contribution in [0.25, 0.3) is 0 Å². The number of hydrogen-bond acceptors (Lipinski definition) is 3. The molecule has 1 amide bonds. The summed E-state index contributed by atoms with van der Waals surface area (Å²) in [7, 11) is 1.69. The van der Waals surface area contributed by atoms with Crippen LogP contribution in [0.15, 0.2) is 16.6 Å². The summed E-state index contributed by atoms with van der Waals surface area (Å²) in [6, 6.07) is 3.40. The van der Waals surface area contributed by atoms with Crippen LogP contribution in [0.2, 0.25) is 0 Å². The van der Waals surface area contributed by atoms with Crippen molar-refractivity contribution in [2.24, 2.45) is 0 Å². The molecular weight excluding hydrogens is 286 g/mol. The third kappa shape index (κ3) is 2.20. The van der Waals surface area contributed by atoms with Crippen molar-refractivity contribution in [2.75, 3.05) is 18.6 Å². The third-order valence-corrected chi connectivity index (χ3v) is 3.32. The van der Waals surface area contributed by atoms with E-state index in [0.29, 0.717) is 34.5 Å². The number of carbonyl (C=O) groups is 2. The summed E-state index contributed by atoms with van der Waals surface area (Å²) < 4.78 is 6.23. The van der Waals surface area contributed by atoms with Gasteiger partial charge in [-0.25, -0.2) is 0 Å². The van der Waals surface area contributed by atoms with Gasteiger partial charge >= 0.3 is 0 Å². The van der Waals surface area contributed by atoms with Crippen molar-refractivity contribution in [1.29, 1.82) is 0 Å². The summed E-state index contributed by atoms with van der Waals surface area (Å²) >= 11 is 3.37. The first-order valence-corrected chi connectivity index (χ1v) is 6.04. The molecule has 0 saturated heterocycles. The van der Waals surface area contributed by atoms with Gasteiger partial charge in [0.1, 0.15) is 0 Å². The third-order valence-electron chi connectivity index (χ3n) is 2.73. The van der Waals surface area contributed by atoms with Gasteiger partial charge in [-0.05, 0) is 35.0 Å². The van der Waals surface area contributed by atoms with E-state index in [9.17, 15) is 9.59 Å². The minimum absolute atomic E-state index is 0.0173. The Labute approximate surface area is 108 Å². The number of amides is 1. The van der Waals surface area contributed by atoms with Gasteiger partial charge in [0.2, 0.25) is 5.91 Å². The lowest BCUT2D eigenvalue weighted by Crippen LogP contribution is -2.25. The molecule has 2 rings (SSSR count). The van der Waals surface area contributed by atoms with Crippen molar-refractivity contribution in [2.45, 2.75) is 13.3 Å². The molecule has 90 valence electrons. The summed E-state index contributed by atoms with van der Waals surface area (Å²) in [5.41, 5.74) is 1.19. The molecule has 0 unspecified atom stereocenters. The molecule has 4 nitrogen and oxygen atoms in total. The van der Waals surface area contributed by atoms with Crippen LogP contribution >= 0.6 is 15.9 Å². The highest BCUT2D eigenvalue weighted by Crippen LogP contribution is 2.38. The number of benzene rings is 1. The molecule has 0 spiro atoms. The van der Waals surface area contributed by atoms with E-state index >= 15 is 0 Å². The first-order valence-electron chi connectivity index (χ1n) is 5.24. The maximum Gasteiger partial charge on any atom is 0.230 e. The van der Waals surface area contributed by atoms with Gasteiger partial charge in [-0.3, -0.25) is 9.59 Å². The number of carbonyl (C=O) groups excluding carboxylic acids is 2. The fourth-order valence-corrected chi connectivity index (χ4v) is 2.28. The molecule has 1 heterocycles. The molecule has 0 fully saturated rings. The summed E-state index contributed by atoms with van der Waals surface area (Å²) in [6.07, 6.45) is 0.340. The van der Waals surface area contributed by atoms with Crippen LogP contribution in [0.3, 0.4) is 0 Å². The maximum atomic E-state index is 11.7. The molecule has 0 N–H and O–H groups in total. The Morgan fingerprint density at radius 2 is 2.18 bits per heavy atom. The van der Waals surface area contributed by atoms with Gasteiger partial charge in [-0.2, -0.15) is 0 Å². The molecule has 0 bridgehead atoms. The fourth-order valence-electron chi connectivity index (χ4n) is 1.72. The minimum Gasteiger partial charge on any atom is -0.490 e. The van der Waals surface area contributed by atoms with Crippen LogP contribution in [0, 0.1) is 0 Å². The number of nitrogens with zero attached hydrogens (tertiary/aromatic N) is 1. The molecular formula is C12H12BrNO3. The summed E-state index contributed by atoms with van der Waals surface area (Å²) in [5.74, 6) is 0.554. The molecule has 5 heteroatoms. The molecule has 17 heavy (non-hydrogen) atoms. The van der Waals surface area contributed by atoms with Gasteiger partial charge in [-0.1, -0.05) is 0 Å². The predicted octanol–water partition coefficient (Wildman–Crippen LogP) is 2.40. The zero-order chi connectivity index (χ0) is 12.6. The first kappa shape index (κ1) is 12.1. The Morgan fingerprint density at radius 3 is 2.82 bits per heavy atom. The number of hydrogen-bond donors (Lipinski definition) is 0. The second kappa shape index (κ2) is 4.49. The largest absolute Gasteiger partial charge is 0.490 e. The van der Waals surface area contributed by atoms with Gasteiger partial charge in [0.05, 0.1) is 23.2 Å². The van der Waals surface area contributed by atoms with E-state index in [1.165, 1.54) is 11.8 Å². The zero-order valence-electron chi connectivity index (χ0n) is 9.62. The van der Waals surface area contributed by atoms with Gasteiger partial charge in [-0.15, -0.1) is 0 Å². The van der Waals surface area contributed by atoms with Crippen molar-refractivity contribution in [1.82, 2.24) is 0 Å². The van der Waals surface area contributed by atoms with Crippen molar-refractivity contribution < 1.29 is 14.3 Å². The molecule has 1 aliphatic rings. The van der Waals surface area contributed by atoms with Gasteiger partial charge in [0.15, 0.2) is 11.5 Å². The highest BCUT2D eigenvalue weighted by atomic mass is 79.9. The zero-order valence-corrected chi connectivity index (χ0v) is 11.2. The van der Waals surface area contributed by atoms with Crippen LogP contribution in [0.4, 0.5) is 5.69 Å². The van der Waals surface area contributed by atoms with E-state index < -0.39 is 0 Å². The van der Waals surface area contributed by atoms with Gasteiger partial charge in [0.25, 0.3) is 0 Å². The van der Waals surface area contributed by atoms with Crippen LogP contribution in [0.1, 0.15) is 23.7 Å². The topological polar surface area (TPSA) is 46.6 Å². The number of anilines is 1. The quantitative estimate of drug-likeness (QED) is 0.748. The molecule has 1 aromatic rings. The average Bonchev–Trinajstić information content (AvgIpc) is 2.41. The standard InChI is InChI=1S/C12H12BrNO3/c1-7(15)8-5-9(13)12-10(6-8)14(2)11(16)3-4-17-12/h5-6H,3-4H2,1-2H3. The van der Waals surface area contributed by atoms with Gasteiger partial charge in [0, 0.05) is 12.6 Å². The van der Waals surface area contributed by atoms with Crippen molar-refractivity contribution in [3.63, 3.8) is 0 Å². The van der Waals surface area contributed by atoms with E-state index in [1.54, 1.807) is 19.2 Å². The summed E-state index contributed by atoms with van der Waals surface area (Å²) in [5, 5.41) is 0. The van der Waals surface area contributed by atoms with E-state index in [4.69, 9.17) is 4.74 Å². The molecule has 0 aliphatic carbocycles. The number of ketones is 1. The van der Waals surface area contributed by atoms with Crippen LogP contribution in [-0.2, 0) is 4.79 Å². The number of halogens is 1. The maximum absolute atomic E-state index is 11.7. The van der Waals surface area contributed by atoms with E-state index in [-0.39, 0.29) is 11.7 Å². The van der Waals surface area contributed by atoms with E-state index in [1.807, 2.05) is 0 Å². The van der Waals surface area contributed by atoms with Crippen molar-refractivity contribution >= 4 is 33.3 Å². The molecule has 0 radical (unpaired) electrons. The Hall–Kier alpha value is -1.36. The number of ether oxygens (including phenoxy) is 1. The molecule has 0 atom stereocenters. The number of fused-ring (bicyclic) bond motifs is 1. The van der Waals surface area contributed by atoms with E-state index in [0.717, 1.165) is 0 Å². The number of Topliss-reactive ketones (excluding diaryl/α,β-unsaturated/α-hetero) is 1. The van der Waals surface area contributed by atoms with E-state index in [2.05, 4.69) is 15.9 Å². The fraction of sp³-hybridized carbons (Fsp3) is 0.333. The predicted molar refractivity (Wildman–Crippen MR) is 67.7 cm³/mol. The Morgan fingerprint density at radius 1 is 1.47 bits per heavy atom. The summed E-state index contributed by atoms with van der Waals surface area (Å²) in [4.78, 5) is 24.6. The first-order chi connectivity index (χ1) is 8.00. The average molecular weight is 298 g/mol. The van der Waals surface area contributed by atoms with Crippen molar-refractivity contribution in [3.8, 4) is 5.75 Å². The molecule has 1 aliphatic heterocycles. The van der Waals surface area contributed by atoms with Gasteiger partial charge < -0.3 is 9.64 Å². The molecule has 1 aromatic carbocycles. The van der Waals surface area contributed by atoms with Crippen molar-refractivity contribution in [3.05, 3.63) is 22.2 Å². The molecule has 0 aromatic heterocycles. The molecule has 0 saturated carbocycles. The SMILES string of the molecule is CC(=O)c1cc(Br)c2c(c1)N(C)C(=O)CCO2. The Kier molecular flexibility index (Phi) is 3.19. The second-order valence-corrected chi connectivity index (χ2v) is 4.77. The number of rotatable bonds is 1. The highest BCUT2D eigenvalue weighted by molar-refractivity contribution is 9.10. The van der Waals surface area contributed by atoms with Crippen LogP contribution < -0.4 is 9.64 Å². The summed E-state index contributed by atoms with van der Waals surface area (Å²) in [6.45, 7) is 1.85. The highest BCUT2D eigenvalue weighted by Gasteiger charge is 2.23. The Bertz CT molecular complexity index is 499. The normalized spacial score (nSPS) is 15.0.